The van der Waals surface area contributed by atoms with Gasteiger partial charge in [0.2, 0.25) is 0 Å². The van der Waals surface area contributed by atoms with Crippen LogP contribution in [0.3, 0.4) is 0 Å². The van der Waals surface area contributed by atoms with Crippen LogP contribution in [0.25, 0.3) is 0 Å². The highest BCUT2D eigenvalue weighted by Crippen LogP contribution is 2.08. The van der Waals surface area contributed by atoms with E-state index < -0.39 is 12.1 Å². The van der Waals surface area contributed by atoms with Gasteiger partial charge in [0.15, 0.2) is 0 Å². The van der Waals surface area contributed by atoms with Gasteiger partial charge in [0, 0.05) is 0 Å². The van der Waals surface area contributed by atoms with Crippen LogP contribution in [0, 0.1) is 11.3 Å². The van der Waals surface area contributed by atoms with Gasteiger partial charge in [-0.2, -0.15) is 5.26 Å². The molecule has 0 aliphatic rings. The molecule has 0 saturated carbocycles. The second-order valence-electron chi connectivity index (χ2n) is 3.38. The number of rotatable bonds is 6. The van der Waals surface area contributed by atoms with Crippen LogP contribution in [0.15, 0.2) is 30.3 Å². The molecule has 0 aliphatic heterocycles. The van der Waals surface area contributed by atoms with Crippen LogP contribution in [0.1, 0.15) is 18.4 Å². The lowest BCUT2D eigenvalue weighted by atomic mass is 10.2. The smallest absolute Gasteiger partial charge is 0.306 e. The largest absolute Gasteiger partial charge is 0.481 e. The van der Waals surface area contributed by atoms with Gasteiger partial charge < -0.3 is 9.84 Å². The number of nitriles is 1. The summed E-state index contributed by atoms with van der Waals surface area (Å²) in [5, 5.41) is 17.1. The number of hydrogen-bond donors (Lipinski definition) is 1. The van der Waals surface area contributed by atoms with E-state index in [2.05, 4.69) is 0 Å². The Kier molecular flexibility index (Phi) is 5.03. The first-order valence-corrected chi connectivity index (χ1v) is 4.96. The normalized spacial score (nSPS) is 11.7. The van der Waals surface area contributed by atoms with Crippen LogP contribution >= 0.6 is 0 Å². The Bertz CT molecular complexity index is 370. The van der Waals surface area contributed by atoms with Gasteiger partial charge in [0.1, 0.15) is 0 Å². The average molecular weight is 219 g/mol. The molecule has 1 N–H and O–H groups in total. The fourth-order valence-electron chi connectivity index (χ4n) is 1.27. The van der Waals surface area contributed by atoms with Crippen molar-refractivity contribution in [3.8, 4) is 6.07 Å². The Labute approximate surface area is 94.1 Å². The summed E-state index contributed by atoms with van der Waals surface area (Å²) in [7, 11) is 0. The molecular weight excluding hydrogens is 206 g/mol. The van der Waals surface area contributed by atoms with Crippen LogP contribution in [-0.4, -0.2) is 17.2 Å². The van der Waals surface area contributed by atoms with Gasteiger partial charge in [-0.3, -0.25) is 4.79 Å². The van der Waals surface area contributed by atoms with Gasteiger partial charge in [0.25, 0.3) is 0 Å². The minimum absolute atomic E-state index is 0.0964. The number of carboxylic acids is 1. The molecule has 0 saturated heterocycles. The SMILES string of the molecule is N#CC[C@@H](CC(=O)O)OCc1ccccc1. The standard InChI is InChI=1S/C12H13NO3/c13-7-6-11(8-12(14)15)16-9-10-4-2-1-3-5-10/h1-5,11H,6,8-9H2,(H,14,15)/t11-/m0/s1. The van der Waals surface area contributed by atoms with Crippen LogP contribution in [0.5, 0.6) is 0 Å². The lowest BCUT2D eigenvalue weighted by molar-refractivity contribution is -0.140. The van der Waals surface area contributed by atoms with Gasteiger partial charge in [-0.1, -0.05) is 30.3 Å². The van der Waals surface area contributed by atoms with Gasteiger partial charge >= 0.3 is 5.97 Å². The maximum absolute atomic E-state index is 10.5. The summed E-state index contributed by atoms with van der Waals surface area (Å²) in [5.74, 6) is -0.951. The molecule has 0 aromatic heterocycles. The second-order valence-corrected chi connectivity index (χ2v) is 3.38. The molecule has 0 fully saturated rings. The van der Waals surface area contributed by atoms with E-state index in [9.17, 15) is 4.79 Å². The van der Waals surface area contributed by atoms with E-state index in [0.717, 1.165) is 5.56 Å². The van der Waals surface area contributed by atoms with E-state index in [4.69, 9.17) is 15.1 Å². The predicted octanol–water partition coefficient (Wildman–Crippen LogP) is 1.96. The van der Waals surface area contributed by atoms with E-state index in [0.29, 0.717) is 6.61 Å². The van der Waals surface area contributed by atoms with Crippen molar-refractivity contribution in [1.82, 2.24) is 0 Å². The highest BCUT2D eigenvalue weighted by atomic mass is 16.5. The molecule has 0 amide bonds. The molecule has 0 unspecified atom stereocenters. The molecule has 4 nitrogen and oxygen atoms in total. The third kappa shape index (κ3) is 4.58. The summed E-state index contributed by atoms with van der Waals surface area (Å²) >= 11 is 0. The van der Waals surface area contributed by atoms with E-state index in [1.807, 2.05) is 36.4 Å². The lowest BCUT2D eigenvalue weighted by Gasteiger charge is -2.12. The Morgan fingerprint density at radius 2 is 2.12 bits per heavy atom. The monoisotopic (exact) mass is 219 g/mol. The van der Waals surface area contributed by atoms with Crippen LogP contribution in [-0.2, 0) is 16.1 Å². The van der Waals surface area contributed by atoms with E-state index in [1.165, 1.54) is 0 Å². The molecule has 1 aromatic rings. The quantitative estimate of drug-likeness (QED) is 0.793. The van der Waals surface area contributed by atoms with Crippen molar-refractivity contribution in [1.29, 1.82) is 5.26 Å². The summed E-state index contributed by atoms with van der Waals surface area (Å²) in [6.07, 6.45) is -0.581. The van der Waals surface area contributed by atoms with Crippen molar-refractivity contribution in [2.24, 2.45) is 0 Å². The van der Waals surface area contributed by atoms with Crippen LogP contribution in [0.2, 0.25) is 0 Å². The summed E-state index contributed by atoms with van der Waals surface area (Å²) in [4.78, 5) is 10.5. The van der Waals surface area contributed by atoms with Gasteiger partial charge in [-0.15, -0.1) is 0 Å². The molecule has 1 rings (SSSR count). The van der Waals surface area contributed by atoms with Crippen molar-refractivity contribution in [2.45, 2.75) is 25.6 Å². The summed E-state index contributed by atoms with van der Waals surface area (Å²) in [6, 6.07) is 11.4. The van der Waals surface area contributed by atoms with E-state index in [-0.39, 0.29) is 12.8 Å². The minimum Gasteiger partial charge on any atom is -0.481 e. The first-order chi connectivity index (χ1) is 7.72. The lowest BCUT2D eigenvalue weighted by Crippen LogP contribution is -2.17. The Morgan fingerprint density at radius 3 is 2.69 bits per heavy atom. The van der Waals surface area contributed by atoms with Crippen molar-refractivity contribution >= 4 is 5.97 Å². The van der Waals surface area contributed by atoms with Crippen LogP contribution in [0.4, 0.5) is 0 Å². The van der Waals surface area contributed by atoms with Gasteiger partial charge in [-0.25, -0.2) is 0 Å². The third-order valence-electron chi connectivity index (χ3n) is 2.05. The molecule has 4 heteroatoms. The number of benzene rings is 1. The molecule has 84 valence electrons. The maximum atomic E-state index is 10.5. The first-order valence-electron chi connectivity index (χ1n) is 4.96. The molecule has 0 radical (unpaired) electrons. The molecule has 0 spiro atoms. The molecule has 0 aliphatic carbocycles. The summed E-state index contributed by atoms with van der Waals surface area (Å²) in [5.41, 5.74) is 0.968. The maximum Gasteiger partial charge on any atom is 0.306 e. The molecular formula is C12H13NO3. The Morgan fingerprint density at radius 1 is 1.44 bits per heavy atom. The zero-order valence-corrected chi connectivity index (χ0v) is 8.80. The topological polar surface area (TPSA) is 70.3 Å². The summed E-state index contributed by atoms with van der Waals surface area (Å²) < 4.78 is 5.38. The van der Waals surface area contributed by atoms with E-state index >= 15 is 0 Å². The minimum atomic E-state index is -0.951. The number of hydrogen-bond acceptors (Lipinski definition) is 3. The number of nitrogens with zero attached hydrogens (tertiary/aromatic N) is 1. The second kappa shape index (κ2) is 6.59. The third-order valence-corrected chi connectivity index (χ3v) is 2.05. The highest BCUT2D eigenvalue weighted by molar-refractivity contribution is 5.67. The number of aliphatic carboxylic acids is 1. The zero-order chi connectivity index (χ0) is 11.8. The number of carbonyl (C=O) groups is 1. The predicted molar refractivity (Wildman–Crippen MR) is 57.5 cm³/mol. The number of carboxylic acid groups (broad SMARTS) is 1. The first kappa shape index (κ1) is 12.2. The molecule has 0 bridgehead atoms. The van der Waals surface area contributed by atoms with Gasteiger partial charge in [0.05, 0.1) is 31.6 Å². The van der Waals surface area contributed by atoms with Gasteiger partial charge in [-0.05, 0) is 5.56 Å². The fraction of sp³-hybridized carbons (Fsp3) is 0.333. The molecule has 0 heterocycles. The molecule has 1 aromatic carbocycles. The van der Waals surface area contributed by atoms with E-state index in [1.54, 1.807) is 0 Å². The highest BCUT2D eigenvalue weighted by Gasteiger charge is 2.13. The Balaban J connectivity index is 2.44. The average Bonchev–Trinajstić information content (AvgIpc) is 2.27. The molecule has 1 atom stereocenters. The van der Waals surface area contributed by atoms with Crippen molar-refractivity contribution < 1.29 is 14.6 Å². The van der Waals surface area contributed by atoms with Crippen molar-refractivity contribution in [3.63, 3.8) is 0 Å². The fourth-order valence-corrected chi connectivity index (χ4v) is 1.27. The summed E-state index contributed by atoms with van der Waals surface area (Å²) in [6.45, 7) is 0.334. The van der Waals surface area contributed by atoms with Crippen molar-refractivity contribution in [2.75, 3.05) is 0 Å². The number of ether oxygens (including phenoxy) is 1. The zero-order valence-electron chi connectivity index (χ0n) is 8.80. The Hall–Kier alpha value is -1.86. The van der Waals surface area contributed by atoms with Crippen molar-refractivity contribution in [3.05, 3.63) is 35.9 Å². The van der Waals surface area contributed by atoms with Crippen LogP contribution < -0.4 is 0 Å². The molecule has 16 heavy (non-hydrogen) atoms.